The van der Waals surface area contributed by atoms with Crippen LogP contribution in [0.15, 0.2) is 49.1 Å². The van der Waals surface area contributed by atoms with E-state index in [1.54, 1.807) is 29.6 Å². The lowest BCUT2D eigenvalue weighted by molar-refractivity contribution is -0.114. The quantitative estimate of drug-likeness (QED) is 0.440. The summed E-state index contributed by atoms with van der Waals surface area (Å²) in [4.78, 5) is 21.9. The van der Waals surface area contributed by atoms with Crippen molar-refractivity contribution < 1.29 is 4.79 Å². The highest BCUT2D eigenvalue weighted by atomic mass is 32.1. The van der Waals surface area contributed by atoms with Gasteiger partial charge in [0.1, 0.15) is 10.0 Å². The van der Waals surface area contributed by atoms with E-state index in [0.29, 0.717) is 0 Å². The minimum Gasteiger partial charge on any atom is -0.317 e. The van der Waals surface area contributed by atoms with Gasteiger partial charge in [0, 0.05) is 48.3 Å². The number of nitrogens with one attached hydrogen (secondary N) is 1. The Hall–Kier alpha value is -2.54. The molecular weight excluding hydrogens is 422 g/mol. The predicted octanol–water partition coefficient (Wildman–Crippen LogP) is 6.15. The zero-order chi connectivity index (χ0) is 21.8. The van der Waals surface area contributed by atoms with E-state index in [9.17, 15) is 4.79 Å². The first kappa shape index (κ1) is 21.7. The molecule has 0 unspecified atom stereocenters. The first-order chi connectivity index (χ1) is 15.1. The SMILES string of the molecule is C=CCc1sc(-c2c(NC(C)=O)sc3c2CCN(Cc2ccccc2)C3)nc1/C=C\C. The summed E-state index contributed by atoms with van der Waals surface area (Å²) in [6.07, 6.45) is 7.75. The van der Waals surface area contributed by atoms with Crippen LogP contribution in [0.2, 0.25) is 0 Å². The molecule has 1 amide bonds. The maximum Gasteiger partial charge on any atom is 0.221 e. The number of hydrogen-bond donors (Lipinski definition) is 1. The number of carbonyl (C=O) groups excluding carboxylic acids is 1. The van der Waals surface area contributed by atoms with Crippen molar-refractivity contribution in [1.29, 1.82) is 0 Å². The highest BCUT2D eigenvalue weighted by molar-refractivity contribution is 7.19. The van der Waals surface area contributed by atoms with Crippen LogP contribution in [0.4, 0.5) is 5.00 Å². The number of rotatable bonds is 7. The van der Waals surface area contributed by atoms with E-state index in [2.05, 4.69) is 53.2 Å². The van der Waals surface area contributed by atoms with E-state index in [4.69, 9.17) is 4.98 Å². The standard InChI is InChI=1S/C25H27N3OS2/c1-4-9-20-21(10-5-2)30-25(27-20)23-19-13-14-28(15-18-11-7-6-8-12-18)16-22(19)31-24(23)26-17(3)29/h4-9,11-12H,2,10,13-16H2,1,3H3,(H,26,29)/b9-4-. The molecule has 31 heavy (non-hydrogen) atoms. The van der Waals surface area contributed by atoms with Crippen molar-refractivity contribution in [3.63, 3.8) is 0 Å². The Morgan fingerprint density at radius 3 is 2.81 bits per heavy atom. The lowest BCUT2D eigenvalue weighted by Gasteiger charge is -2.27. The molecular formula is C25H27N3OS2. The maximum atomic E-state index is 11.9. The van der Waals surface area contributed by atoms with Crippen LogP contribution in [-0.4, -0.2) is 22.3 Å². The Balaban J connectivity index is 1.70. The maximum absolute atomic E-state index is 11.9. The third kappa shape index (κ3) is 4.87. The smallest absolute Gasteiger partial charge is 0.221 e. The van der Waals surface area contributed by atoms with Crippen LogP contribution in [0.25, 0.3) is 16.6 Å². The summed E-state index contributed by atoms with van der Waals surface area (Å²) >= 11 is 3.40. The largest absolute Gasteiger partial charge is 0.317 e. The second-order valence-corrected chi connectivity index (χ2v) is 9.84. The van der Waals surface area contributed by atoms with Crippen molar-refractivity contribution in [1.82, 2.24) is 9.88 Å². The molecule has 6 heteroatoms. The molecule has 0 atom stereocenters. The molecule has 3 heterocycles. The van der Waals surface area contributed by atoms with Crippen LogP contribution in [0.5, 0.6) is 0 Å². The lowest BCUT2D eigenvalue weighted by Crippen LogP contribution is -2.29. The molecule has 0 bridgehead atoms. The van der Waals surface area contributed by atoms with E-state index >= 15 is 0 Å². The average Bonchev–Trinajstić information content (AvgIpc) is 3.29. The van der Waals surface area contributed by atoms with Crippen molar-refractivity contribution >= 4 is 39.7 Å². The Bertz CT molecular complexity index is 1110. The van der Waals surface area contributed by atoms with Crippen molar-refractivity contribution in [2.24, 2.45) is 0 Å². The molecule has 1 aliphatic rings. The number of amides is 1. The second-order valence-electron chi connectivity index (χ2n) is 7.66. The van der Waals surface area contributed by atoms with Crippen molar-refractivity contribution in [3.8, 4) is 10.6 Å². The molecule has 4 rings (SSSR count). The zero-order valence-electron chi connectivity index (χ0n) is 18.0. The number of carbonyl (C=O) groups is 1. The van der Waals surface area contributed by atoms with Gasteiger partial charge in [-0.2, -0.15) is 0 Å². The van der Waals surface area contributed by atoms with Gasteiger partial charge in [-0.15, -0.1) is 29.3 Å². The molecule has 160 valence electrons. The zero-order valence-corrected chi connectivity index (χ0v) is 19.6. The number of hydrogen-bond acceptors (Lipinski definition) is 5. The van der Waals surface area contributed by atoms with E-state index in [-0.39, 0.29) is 5.91 Å². The molecule has 0 aliphatic carbocycles. The average molecular weight is 450 g/mol. The molecule has 0 fully saturated rings. The van der Waals surface area contributed by atoms with Gasteiger partial charge >= 0.3 is 0 Å². The Morgan fingerprint density at radius 1 is 1.29 bits per heavy atom. The first-order valence-corrected chi connectivity index (χ1v) is 12.1. The van der Waals surface area contributed by atoms with E-state index < -0.39 is 0 Å². The van der Waals surface area contributed by atoms with Gasteiger partial charge in [-0.3, -0.25) is 9.69 Å². The van der Waals surface area contributed by atoms with Gasteiger partial charge in [-0.05, 0) is 30.5 Å². The van der Waals surface area contributed by atoms with Gasteiger partial charge < -0.3 is 5.32 Å². The summed E-state index contributed by atoms with van der Waals surface area (Å²) in [5, 5.41) is 4.99. The summed E-state index contributed by atoms with van der Waals surface area (Å²) in [5.74, 6) is -0.0439. The number of thiazole rings is 1. The molecule has 1 aromatic carbocycles. The number of aromatic nitrogens is 1. The molecule has 0 saturated heterocycles. The Morgan fingerprint density at radius 2 is 2.10 bits per heavy atom. The topological polar surface area (TPSA) is 45.2 Å². The number of thiophene rings is 1. The summed E-state index contributed by atoms with van der Waals surface area (Å²) in [5.41, 5.74) is 4.78. The van der Waals surface area contributed by atoms with Crippen LogP contribution in [0.3, 0.4) is 0 Å². The van der Waals surface area contributed by atoms with Gasteiger partial charge in [0.25, 0.3) is 0 Å². The predicted molar refractivity (Wildman–Crippen MR) is 133 cm³/mol. The molecule has 3 aromatic rings. The summed E-state index contributed by atoms with van der Waals surface area (Å²) in [6.45, 7) is 10.3. The van der Waals surface area contributed by atoms with Gasteiger partial charge in [-0.25, -0.2) is 4.98 Å². The normalized spacial score (nSPS) is 14.0. The molecule has 2 aromatic heterocycles. The fraction of sp³-hybridized carbons (Fsp3) is 0.280. The van der Waals surface area contributed by atoms with Crippen molar-refractivity contribution in [3.05, 3.63) is 75.6 Å². The number of benzene rings is 1. The highest BCUT2D eigenvalue weighted by Gasteiger charge is 2.27. The minimum atomic E-state index is -0.0439. The van der Waals surface area contributed by atoms with Crippen LogP contribution in [-0.2, 0) is 30.7 Å². The van der Waals surface area contributed by atoms with E-state index in [0.717, 1.165) is 53.7 Å². The van der Waals surface area contributed by atoms with Crippen LogP contribution < -0.4 is 5.32 Å². The van der Waals surface area contributed by atoms with Crippen LogP contribution >= 0.6 is 22.7 Å². The molecule has 4 nitrogen and oxygen atoms in total. The highest BCUT2D eigenvalue weighted by Crippen LogP contribution is 2.45. The van der Waals surface area contributed by atoms with Crippen molar-refractivity contribution in [2.45, 2.75) is 39.8 Å². The van der Waals surface area contributed by atoms with Gasteiger partial charge in [0.15, 0.2) is 0 Å². The second kappa shape index (κ2) is 9.73. The third-order valence-electron chi connectivity index (χ3n) is 5.27. The molecule has 1 N–H and O–H groups in total. The molecule has 0 spiro atoms. The van der Waals surface area contributed by atoms with E-state index in [1.165, 1.54) is 20.9 Å². The minimum absolute atomic E-state index is 0.0439. The number of allylic oxidation sites excluding steroid dienone is 2. The van der Waals surface area contributed by atoms with Gasteiger partial charge in [0.05, 0.1) is 5.69 Å². The monoisotopic (exact) mass is 449 g/mol. The first-order valence-electron chi connectivity index (χ1n) is 10.5. The summed E-state index contributed by atoms with van der Waals surface area (Å²) < 4.78 is 0. The fourth-order valence-corrected chi connectivity index (χ4v) is 6.47. The van der Waals surface area contributed by atoms with E-state index in [1.807, 2.05) is 19.1 Å². The summed E-state index contributed by atoms with van der Waals surface area (Å²) in [7, 11) is 0. The Kier molecular flexibility index (Phi) is 6.80. The van der Waals surface area contributed by atoms with Crippen molar-refractivity contribution in [2.75, 3.05) is 11.9 Å². The van der Waals surface area contributed by atoms with Crippen LogP contribution in [0, 0.1) is 0 Å². The molecule has 1 aliphatic heterocycles. The third-order valence-corrected chi connectivity index (χ3v) is 7.51. The number of fused-ring (bicyclic) bond motifs is 1. The number of anilines is 1. The summed E-state index contributed by atoms with van der Waals surface area (Å²) in [6, 6.07) is 10.6. The Labute approximate surface area is 192 Å². The molecule has 0 radical (unpaired) electrons. The van der Waals surface area contributed by atoms with Gasteiger partial charge in [0.2, 0.25) is 5.91 Å². The number of nitrogens with zero attached hydrogens (tertiary/aromatic N) is 2. The van der Waals surface area contributed by atoms with Gasteiger partial charge in [-0.1, -0.05) is 42.5 Å². The van der Waals surface area contributed by atoms with Crippen LogP contribution in [0.1, 0.15) is 40.4 Å². The molecule has 0 saturated carbocycles. The lowest BCUT2D eigenvalue weighted by atomic mass is 10.0. The fourth-order valence-electron chi connectivity index (χ4n) is 3.94.